The summed E-state index contributed by atoms with van der Waals surface area (Å²) in [5.41, 5.74) is 5.91. The molecule has 1 aromatic heterocycles. The van der Waals surface area contributed by atoms with Crippen LogP contribution in [0.5, 0.6) is 0 Å². The summed E-state index contributed by atoms with van der Waals surface area (Å²) in [6, 6.07) is 22.8. The van der Waals surface area contributed by atoms with Crippen LogP contribution in [0, 0.1) is 11.3 Å². The Kier molecular flexibility index (Phi) is 7.07. The van der Waals surface area contributed by atoms with Gasteiger partial charge in [0, 0.05) is 24.7 Å². The summed E-state index contributed by atoms with van der Waals surface area (Å²) in [6.07, 6.45) is 3.13. The molecule has 0 radical (unpaired) electrons. The molecule has 1 N–H and O–H groups in total. The molecule has 34 heavy (non-hydrogen) atoms. The van der Waals surface area contributed by atoms with E-state index >= 15 is 0 Å². The van der Waals surface area contributed by atoms with Crippen LogP contribution in [0.15, 0.2) is 79.3 Å². The Morgan fingerprint density at radius 1 is 1.18 bits per heavy atom. The van der Waals surface area contributed by atoms with Crippen molar-refractivity contribution in [2.45, 2.75) is 19.6 Å². The molecule has 1 heterocycles. The Hall–Kier alpha value is -3.92. The fraction of sp³-hybridized carbons (Fsp3) is 0.148. The third-order valence-electron chi connectivity index (χ3n) is 5.44. The van der Waals surface area contributed by atoms with Gasteiger partial charge in [0.05, 0.1) is 36.5 Å². The molecule has 4 rings (SSSR count). The lowest BCUT2D eigenvalue weighted by atomic mass is 9.99. The zero-order chi connectivity index (χ0) is 24.1. The van der Waals surface area contributed by atoms with E-state index in [1.807, 2.05) is 66.2 Å². The monoisotopic (exact) mass is 470 g/mol. The Balaban J connectivity index is 1.67. The van der Waals surface area contributed by atoms with Gasteiger partial charge in [0.25, 0.3) is 0 Å². The fourth-order valence-electron chi connectivity index (χ4n) is 3.79. The second kappa shape index (κ2) is 10.3. The highest BCUT2D eigenvalue weighted by molar-refractivity contribution is 6.30. The minimum atomic E-state index is -0.380. The average molecular weight is 471 g/mol. The molecule has 0 bridgehead atoms. The van der Waals surface area contributed by atoms with E-state index in [0.29, 0.717) is 22.9 Å². The maximum Gasteiger partial charge on any atom is 0.221 e. The molecule has 0 saturated heterocycles. The quantitative estimate of drug-likeness (QED) is 0.366. The highest BCUT2D eigenvalue weighted by atomic mass is 35.5. The van der Waals surface area contributed by atoms with E-state index in [0.717, 1.165) is 27.9 Å². The van der Waals surface area contributed by atoms with Crippen molar-refractivity contribution in [3.8, 4) is 17.2 Å². The lowest BCUT2D eigenvalue weighted by Gasteiger charge is -2.20. The van der Waals surface area contributed by atoms with E-state index in [2.05, 4.69) is 16.4 Å². The summed E-state index contributed by atoms with van der Waals surface area (Å²) in [7, 11) is 1.92. The van der Waals surface area contributed by atoms with E-state index in [-0.39, 0.29) is 12.0 Å². The Labute approximate surface area is 203 Å². The molecular formula is C27H23ClN4O2. The zero-order valence-corrected chi connectivity index (χ0v) is 19.6. The number of rotatable bonds is 7. The van der Waals surface area contributed by atoms with Crippen molar-refractivity contribution in [1.29, 1.82) is 5.26 Å². The van der Waals surface area contributed by atoms with Gasteiger partial charge in [-0.25, -0.2) is 4.98 Å². The van der Waals surface area contributed by atoms with Crippen molar-refractivity contribution < 1.29 is 9.53 Å². The molecule has 0 fully saturated rings. The first-order chi connectivity index (χ1) is 16.4. The van der Waals surface area contributed by atoms with Gasteiger partial charge in [0.1, 0.15) is 6.10 Å². The van der Waals surface area contributed by atoms with Gasteiger partial charge in [-0.15, -0.1) is 0 Å². The molecule has 1 amide bonds. The number of carbonyl (C=O) groups is 1. The minimum Gasteiger partial charge on any atom is -0.362 e. The molecule has 3 aromatic carbocycles. The molecule has 7 heteroatoms. The number of imidazole rings is 1. The predicted molar refractivity (Wildman–Crippen MR) is 132 cm³/mol. The number of carbonyl (C=O) groups excluding carboxylic acids is 1. The molecule has 0 aliphatic heterocycles. The van der Waals surface area contributed by atoms with Crippen LogP contribution in [0.2, 0.25) is 5.02 Å². The Morgan fingerprint density at radius 3 is 2.65 bits per heavy atom. The van der Waals surface area contributed by atoms with E-state index in [4.69, 9.17) is 21.6 Å². The first kappa shape index (κ1) is 23.2. The van der Waals surface area contributed by atoms with Crippen LogP contribution in [0.1, 0.15) is 35.4 Å². The summed E-state index contributed by atoms with van der Waals surface area (Å²) in [4.78, 5) is 15.7. The van der Waals surface area contributed by atoms with E-state index < -0.39 is 0 Å². The van der Waals surface area contributed by atoms with Gasteiger partial charge in [0.15, 0.2) is 0 Å². The van der Waals surface area contributed by atoms with Crippen LogP contribution in [0.3, 0.4) is 0 Å². The van der Waals surface area contributed by atoms with Gasteiger partial charge in [0.2, 0.25) is 5.91 Å². The second-order valence-electron chi connectivity index (χ2n) is 7.92. The summed E-state index contributed by atoms with van der Waals surface area (Å²) >= 11 is 6.33. The number of ether oxygens (including phenoxy) is 1. The van der Waals surface area contributed by atoms with Crippen LogP contribution in [0.4, 0.5) is 5.69 Å². The third kappa shape index (κ3) is 5.34. The van der Waals surface area contributed by atoms with Crippen molar-refractivity contribution in [3.63, 3.8) is 0 Å². The maximum absolute atomic E-state index is 11.5. The highest BCUT2D eigenvalue weighted by Crippen LogP contribution is 2.32. The number of anilines is 1. The molecule has 0 saturated carbocycles. The number of benzene rings is 3. The average Bonchev–Trinajstić information content (AvgIpc) is 3.25. The number of nitriles is 1. The molecule has 1 atom stereocenters. The van der Waals surface area contributed by atoms with Crippen molar-refractivity contribution in [3.05, 3.63) is 107 Å². The third-order valence-corrected chi connectivity index (χ3v) is 5.67. The SMILES string of the molecule is CC(=O)Nc1cccc(-c2cc(Cl)ccc2COC(c2ccc(C#N)cc2)c2cncn2C)c1. The molecular weight excluding hydrogens is 448 g/mol. The van der Waals surface area contributed by atoms with Crippen molar-refractivity contribution in [2.24, 2.45) is 7.05 Å². The van der Waals surface area contributed by atoms with Gasteiger partial charge >= 0.3 is 0 Å². The van der Waals surface area contributed by atoms with Crippen LogP contribution >= 0.6 is 11.6 Å². The summed E-state index contributed by atoms with van der Waals surface area (Å²) in [6.45, 7) is 1.79. The van der Waals surface area contributed by atoms with Gasteiger partial charge < -0.3 is 14.6 Å². The number of amides is 1. The van der Waals surface area contributed by atoms with E-state index in [1.165, 1.54) is 6.92 Å². The van der Waals surface area contributed by atoms with E-state index in [1.54, 1.807) is 24.7 Å². The molecule has 0 aliphatic rings. The van der Waals surface area contributed by atoms with Crippen LogP contribution in [0.25, 0.3) is 11.1 Å². The largest absolute Gasteiger partial charge is 0.362 e. The number of hydrogen-bond acceptors (Lipinski definition) is 4. The van der Waals surface area contributed by atoms with Crippen LogP contribution in [-0.2, 0) is 23.2 Å². The molecule has 1 unspecified atom stereocenters. The van der Waals surface area contributed by atoms with E-state index in [9.17, 15) is 4.79 Å². The molecule has 6 nitrogen and oxygen atoms in total. The molecule has 170 valence electrons. The molecule has 4 aromatic rings. The number of nitrogens with zero attached hydrogens (tertiary/aromatic N) is 3. The van der Waals surface area contributed by atoms with Gasteiger partial charge in [-0.3, -0.25) is 4.79 Å². The number of aryl methyl sites for hydroxylation is 1. The second-order valence-corrected chi connectivity index (χ2v) is 8.35. The van der Waals surface area contributed by atoms with Crippen molar-refractivity contribution in [1.82, 2.24) is 9.55 Å². The van der Waals surface area contributed by atoms with Gasteiger partial charge in [-0.1, -0.05) is 41.9 Å². The normalized spacial score (nSPS) is 11.6. The number of nitrogens with one attached hydrogen (secondary N) is 1. The molecule has 0 spiro atoms. The van der Waals surface area contributed by atoms with Gasteiger partial charge in [-0.2, -0.15) is 5.26 Å². The van der Waals surface area contributed by atoms with Crippen LogP contribution in [-0.4, -0.2) is 15.5 Å². The van der Waals surface area contributed by atoms with Crippen molar-refractivity contribution >= 4 is 23.2 Å². The summed E-state index contributed by atoms with van der Waals surface area (Å²) < 4.78 is 8.37. The van der Waals surface area contributed by atoms with Crippen LogP contribution < -0.4 is 5.32 Å². The maximum atomic E-state index is 11.5. The lowest BCUT2D eigenvalue weighted by Crippen LogP contribution is -2.11. The summed E-state index contributed by atoms with van der Waals surface area (Å²) in [5.74, 6) is -0.131. The first-order valence-electron chi connectivity index (χ1n) is 10.7. The zero-order valence-electron chi connectivity index (χ0n) is 18.8. The smallest absolute Gasteiger partial charge is 0.221 e. The standard InChI is InChI=1S/C27H23ClN4O2/c1-18(33)31-24-5-3-4-21(12-24)25-13-23(28)11-10-22(25)16-34-27(26-15-30-17-32(26)2)20-8-6-19(14-29)7-9-20/h3-13,15,17,27H,16H2,1-2H3,(H,31,33). The fourth-order valence-corrected chi connectivity index (χ4v) is 3.96. The Morgan fingerprint density at radius 2 is 1.97 bits per heavy atom. The Bertz CT molecular complexity index is 1360. The number of halogens is 1. The molecule has 0 aliphatic carbocycles. The first-order valence-corrected chi connectivity index (χ1v) is 11.1. The minimum absolute atomic E-state index is 0.131. The van der Waals surface area contributed by atoms with Gasteiger partial charge in [-0.05, 0) is 58.7 Å². The highest BCUT2D eigenvalue weighted by Gasteiger charge is 2.19. The predicted octanol–water partition coefficient (Wildman–Crippen LogP) is 5.88. The van der Waals surface area contributed by atoms with Crippen molar-refractivity contribution in [2.75, 3.05) is 5.32 Å². The lowest BCUT2D eigenvalue weighted by molar-refractivity contribution is -0.114. The number of hydrogen-bond donors (Lipinski definition) is 1. The number of aromatic nitrogens is 2. The topological polar surface area (TPSA) is 79.9 Å². The summed E-state index contributed by atoms with van der Waals surface area (Å²) in [5, 5.41) is 12.6.